The lowest BCUT2D eigenvalue weighted by atomic mass is 9.84. The van der Waals surface area contributed by atoms with Gasteiger partial charge in [-0.15, -0.1) is 0 Å². The third-order valence-electron chi connectivity index (χ3n) is 2.53. The van der Waals surface area contributed by atoms with Gasteiger partial charge in [0, 0.05) is 11.6 Å². The van der Waals surface area contributed by atoms with Gasteiger partial charge in [0.05, 0.1) is 11.5 Å². The van der Waals surface area contributed by atoms with Gasteiger partial charge in [-0.25, -0.2) is 0 Å². The molecular weight excluding hydrogens is 190 g/mol. The number of phenols is 2. The van der Waals surface area contributed by atoms with E-state index in [1.54, 1.807) is 19.9 Å². The molecule has 0 amide bonds. The highest BCUT2D eigenvalue weighted by Crippen LogP contribution is 2.35. The van der Waals surface area contributed by atoms with Gasteiger partial charge in [0.25, 0.3) is 0 Å². The molecule has 0 atom stereocenters. The molecule has 0 heterocycles. The van der Waals surface area contributed by atoms with Gasteiger partial charge in [0.15, 0.2) is 0 Å². The molecule has 2 N–H and O–H groups in total. The van der Waals surface area contributed by atoms with E-state index in [2.05, 4.69) is 6.07 Å². The summed E-state index contributed by atoms with van der Waals surface area (Å²) in [5, 5.41) is 28.2. The minimum atomic E-state index is -0.748. The van der Waals surface area contributed by atoms with Crippen LogP contribution in [0.3, 0.4) is 0 Å². The fraction of sp³-hybridized carbons (Fsp3) is 0.417. The molecule has 3 nitrogen and oxygen atoms in total. The highest BCUT2D eigenvalue weighted by molar-refractivity contribution is 5.50. The summed E-state index contributed by atoms with van der Waals surface area (Å²) < 4.78 is 0. The van der Waals surface area contributed by atoms with Crippen molar-refractivity contribution >= 4 is 0 Å². The second-order valence-electron chi connectivity index (χ2n) is 4.09. The average Bonchev–Trinajstić information content (AvgIpc) is 2.17. The molecule has 0 aliphatic carbocycles. The van der Waals surface area contributed by atoms with E-state index in [9.17, 15) is 10.2 Å². The van der Waals surface area contributed by atoms with E-state index in [1.807, 2.05) is 6.92 Å². The molecule has 15 heavy (non-hydrogen) atoms. The Balaban J connectivity index is 3.38. The fourth-order valence-electron chi connectivity index (χ4n) is 1.47. The van der Waals surface area contributed by atoms with Crippen molar-refractivity contribution < 1.29 is 10.2 Å². The van der Waals surface area contributed by atoms with Crippen LogP contribution in [0.2, 0.25) is 0 Å². The third-order valence-corrected chi connectivity index (χ3v) is 2.53. The average molecular weight is 205 g/mol. The van der Waals surface area contributed by atoms with E-state index in [0.717, 1.165) is 5.56 Å². The van der Waals surface area contributed by atoms with Crippen molar-refractivity contribution in [2.45, 2.75) is 32.6 Å². The zero-order chi connectivity index (χ0) is 11.6. The van der Waals surface area contributed by atoms with Gasteiger partial charge in [-0.2, -0.15) is 5.26 Å². The van der Waals surface area contributed by atoms with Crippen molar-refractivity contribution in [1.82, 2.24) is 0 Å². The summed E-state index contributed by atoms with van der Waals surface area (Å²) in [6, 6.07) is 5.11. The molecular formula is C12H15NO2. The summed E-state index contributed by atoms with van der Waals surface area (Å²) in [7, 11) is 0. The van der Waals surface area contributed by atoms with Gasteiger partial charge in [-0.05, 0) is 31.9 Å². The van der Waals surface area contributed by atoms with Crippen LogP contribution < -0.4 is 0 Å². The molecule has 1 aromatic rings. The maximum atomic E-state index is 9.67. The number of nitrogens with zero attached hydrogens (tertiary/aromatic N) is 1. The number of benzene rings is 1. The van der Waals surface area contributed by atoms with Crippen molar-refractivity contribution in [3.63, 3.8) is 0 Å². The highest BCUT2D eigenvalue weighted by Gasteiger charge is 2.24. The summed E-state index contributed by atoms with van der Waals surface area (Å²) in [6.07, 6.45) is 0.667. The SMILES string of the molecule is CCc1cc(C(C)(C)C#N)c(O)cc1O. The molecule has 3 heteroatoms. The molecule has 0 saturated heterocycles. The molecule has 0 spiro atoms. The molecule has 0 aliphatic heterocycles. The second kappa shape index (κ2) is 3.82. The number of phenolic OH excluding ortho intramolecular Hbond substituents is 2. The van der Waals surface area contributed by atoms with E-state index < -0.39 is 5.41 Å². The lowest BCUT2D eigenvalue weighted by Crippen LogP contribution is -2.14. The molecule has 0 bridgehead atoms. The third kappa shape index (κ3) is 2.04. The number of hydrogen-bond acceptors (Lipinski definition) is 3. The lowest BCUT2D eigenvalue weighted by molar-refractivity contribution is 0.435. The topological polar surface area (TPSA) is 64.2 Å². The Morgan fingerprint density at radius 1 is 1.27 bits per heavy atom. The molecule has 0 aromatic heterocycles. The molecule has 1 aromatic carbocycles. The number of rotatable bonds is 2. The molecule has 80 valence electrons. The van der Waals surface area contributed by atoms with Gasteiger partial charge in [-0.1, -0.05) is 6.92 Å². The first-order chi connectivity index (χ1) is 6.92. The molecule has 0 unspecified atom stereocenters. The number of nitriles is 1. The van der Waals surface area contributed by atoms with Crippen LogP contribution in [0.4, 0.5) is 0 Å². The fourth-order valence-corrected chi connectivity index (χ4v) is 1.47. The van der Waals surface area contributed by atoms with Crippen molar-refractivity contribution in [3.8, 4) is 17.6 Å². The predicted molar refractivity (Wildman–Crippen MR) is 57.8 cm³/mol. The van der Waals surface area contributed by atoms with E-state index in [0.29, 0.717) is 12.0 Å². The first-order valence-corrected chi connectivity index (χ1v) is 4.89. The standard InChI is InChI=1S/C12H15NO2/c1-4-8-5-9(12(2,3)7-13)11(15)6-10(8)14/h5-6,14-15H,4H2,1-3H3. The molecule has 0 fully saturated rings. The number of hydrogen-bond donors (Lipinski definition) is 2. The predicted octanol–water partition coefficient (Wildman–Crippen LogP) is 2.46. The van der Waals surface area contributed by atoms with E-state index in [4.69, 9.17) is 5.26 Å². The van der Waals surface area contributed by atoms with Crippen LogP contribution in [0.25, 0.3) is 0 Å². The monoisotopic (exact) mass is 205 g/mol. The quantitative estimate of drug-likeness (QED) is 0.779. The summed E-state index contributed by atoms with van der Waals surface area (Å²) in [5.74, 6) is 0.0451. The number of aromatic hydroxyl groups is 2. The van der Waals surface area contributed by atoms with Crippen molar-refractivity contribution in [1.29, 1.82) is 5.26 Å². The largest absolute Gasteiger partial charge is 0.508 e. The van der Waals surface area contributed by atoms with Crippen LogP contribution in [0.5, 0.6) is 11.5 Å². The van der Waals surface area contributed by atoms with Crippen LogP contribution in [-0.2, 0) is 11.8 Å². The van der Waals surface area contributed by atoms with Crippen LogP contribution in [-0.4, -0.2) is 10.2 Å². The normalized spacial score (nSPS) is 11.1. The first-order valence-electron chi connectivity index (χ1n) is 4.89. The van der Waals surface area contributed by atoms with Crippen LogP contribution >= 0.6 is 0 Å². The summed E-state index contributed by atoms with van der Waals surface area (Å²) >= 11 is 0. The number of aryl methyl sites for hydroxylation is 1. The molecule has 0 aliphatic rings. The Bertz CT molecular complexity index is 416. The molecule has 0 radical (unpaired) electrons. The lowest BCUT2D eigenvalue weighted by Gasteiger charge is -2.18. The van der Waals surface area contributed by atoms with Gasteiger partial charge in [0.1, 0.15) is 11.5 Å². The molecule has 1 rings (SSSR count). The van der Waals surface area contributed by atoms with E-state index in [1.165, 1.54) is 6.07 Å². The zero-order valence-electron chi connectivity index (χ0n) is 9.20. The Morgan fingerprint density at radius 3 is 2.33 bits per heavy atom. The minimum absolute atomic E-state index is 0.0312. The zero-order valence-corrected chi connectivity index (χ0v) is 9.20. The summed E-state index contributed by atoms with van der Waals surface area (Å²) in [4.78, 5) is 0. The smallest absolute Gasteiger partial charge is 0.124 e. The first kappa shape index (κ1) is 11.4. The van der Waals surface area contributed by atoms with Gasteiger partial charge < -0.3 is 10.2 Å². The minimum Gasteiger partial charge on any atom is -0.508 e. The van der Waals surface area contributed by atoms with Crippen LogP contribution in [0.15, 0.2) is 12.1 Å². The maximum absolute atomic E-state index is 9.67. The van der Waals surface area contributed by atoms with Gasteiger partial charge in [-0.3, -0.25) is 0 Å². The Morgan fingerprint density at radius 2 is 1.87 bits per heavy atom. The Kier molecular flexibility index (Phi) is 2.90. The van der Waals surface area contributed by atoms with Crippen molar-refractivity contribution in [2.24, 2.45) is 0 Å². The van der Waals surface area contributed by atoms with Crippen molar-refractivity contribution in [3.05, 3.63) is 23.3 Å². The summed E-state index contributed by atoms with van der Waals surface area (Å²) in [5.41, 5.74) is 0.549. The van der Waals surface area contributed by atoms with Gasteiger partial charge >= 0.3 is 0 Å². The van der Waals surface area contributed by atoms with E-state index in [-0.39, 0.29) is 11.5 Å². The maximum Gasteiger partial charge on any atom is 0.124 e. The highest BCUT2D eigenvalue weighted by atomic mass is 16.3. The Hall–Kier alpha value is -1.69. The Labute approximate surface area is 89.6 Å². The second-order valence-corrected chi connectivity index (χ2v) is 4.09. The van der Waals surface area contributed by atoms with Crippen molar-refractivity contribution in [2.75, 3.05) is 0 Å². The molecule has 0 saturated carbocycles. The van der Waals surface area contributed by atoms with Crippen LogP contribution in [0.1, 0.15) is 31.9 Å². The summed E-state index contributed by atoms with van der Waals surface area (Å²) in [6.45, 7) is 5.38. The van der Waals surface area contributed by atoms with E-state index >= 15 is 0 Å². The van der Waals surface area contributed by atoms with Crippen LogP contribution in [0, 0.1) is 11.3 Å². The van der Waals surface area contributed by atoms with Gasteiger partial charge in [0.2, 0.25) is 0 Å².